The predicted octanol–water partition coefficient (Wildman–Crippen LogP) is 2.47. The number of anilines is 2. The van der Waals surface area contributed by atoms with Gasteiger partial charge in [-0.05, 0) is 48.6 Å². The van der Waals surface area contributed by atoms with E-state index in [0.29, 0.717) is 11.4 Å². The minimum absolute atomic E-state index is 0.0669. The molecule has 0 bridgehead atoms. The Hall–Kier alpha value is -3.53. The van der Waals surface area contributed by atoms with Gasteiger partial charge in [0.05, 0.1) is 4.92 Å². The van der Waals surface area contributed by atoms with Gasteiger partial charge in [-0.2, -0.15) is 0 Å². The number of nitrogens with zero attached hydrogens (tertiary/aromatic N) is 2. The van der Waals surface area contributed by atoms with E-state index in [1.165, 1.54) is 36.1 Å². The van der Waals surface area contributed by atoms with Crippen molar-refractivity contribution < 1.29 is 19.2 Å². The molecule has 0 atom stereocenters. The molecular formula is C18H18N4O5S. The lowest BCUT2D eigenvalue weighted by molar-refractivity contribution is -0.384. The fourth-order valence-electron chi connectivity index (χ4n) is 2.09. The van der Waals surface area contributed by atoms with Crippen LogP contribution < -0.4 is 20.3 Å². The highest BCUT2D eigenvalue weighted by molar-refractivity contribution is 7.80. The largest absolute Gasteiger partial charge is 0.484 e. The first-order chi connectivity index (χ1) is 13.3. The topological polar surface area (TPSA) is 114 Å². The summed E-state index contributed by atoms with van der Waals surface area (Å²) in [6, 6.07) is 12.3. The third-order valence-corrected chi connectivity index (χ3v) is 3.86. The van der Waals surface area contributed by atoms with E-state index in [2.05, 4.69) is 10.6 Å². The van der Waals surface area contributed by atoms with Gasteiger partial charge in [0.2, 0.25) is 5.91 Å². The van der Waals surface area contributed by atoms with Crippen LogP contribution in [0.15, 0.2) is 48.5 Å². The number of carbonyl (C=O) groups is 2. The number of nitro benzene ring substituents is 1. The van der Waals surface area contributed by atoms with Crippen molar-refractivity contribution in [2.75, 3.05) is 23.9 Å². The van der Waals surface area contributed by atoms with Crippen molar-refractivity contribution in [2.45, 2.75) is 6.92 Å². The van der Waals surface area contributed by atoms with Gasteiger partial charge in [0.25, 0.3) is 11.6 Å². The maximum absolute atomic E-state index is 11.9. The van der Waals surface area contributed by atoms with Crippen LogP contribution in [-0.2, 0) is 9.59 Å². The summed E-state index contributed by atoms with van der Waals surface area (Å²) in [5.41, 5.74) is 1.30. The Morgan fingerprint density at radius 3 is 2.29 bits per heavy atom. The third kappa shape index (κ3) is 6.02. The molecule has 0 fully saturated rings. The SMILES string of the molecule is CC(=O)N(C)c1ccc(NC(=S)NC(=O)COc2ccc([N+](=O)[O-])cc2)cc1. The Morgan fingerprint density at radius 1 is 1.14 bits per heavy atom. The maximum Gasteiger partial charge on any atom is 0.269 e. The predicted molar refractivity (Wildman–Crippen MR) is 108 cm³/mol. The highest BCUT2D eigenvalue weighted by Gasteiger charge is 2.09. The van der Waals surface area contributed by atoms with Crippen LogP contribution in [0, 0.1) is 10.1 Å². The fourth-order valence-corrected chi connectivity index (χ4v) is 2.32. The average molecular weight is 402 g/mol. The van der Waals surface area contributed by atoms with Gasteiger partial charge in [-0.1, -0.05) is 0 Å². The molecule has 9 nitrogen and oxygen atoms in total. The Kier molecular flexibility index (Phi) is 6.99. The second kappa shape index (κ2) is 9.42. The molecule has 0 unspecified atom stereocenters. The first-order valence-corrected chi connectivity index (χ1v) is 8.49. The molecule has 0 aromatic heterocycles. The summed E-state index contributed by atoms with van der Waals surface area (Å²) in [5.74, 6) is -0.245. The second-order valence-electron chi connectivity index (χ2n) is 5.67. The van der Waals surface area contributed by atoms with Crippen LogP contribution in [0.3, 0.4) is 0 Å². The van der Waals surface area contributed by atoms with Crippen LogP contribution >= 0.6 is 12.2 Å². The fraction of sp³-hybridized carbons (Fsp3) is 0.167. The zero-order chi connectivity index (χ0) is 20.7. The molecule has 0 aliphatic rings. The zero-order valence-electron chi connectivity index (χ0n) is 15.2. The summed E-state index contributed by atoms with van der Waals surface area (Å²) >= 11 is 5.08. The number of nitro groups is 1. The molecule has 10 heteroatoms. The van der Waals surface area contributed by atoms with Gasteiger partial charge in [0.1, 0.15) is 5.75 Å². The van der Waals surface area contributed by atoms with Crippen LogP contribution in [-0.4, -0.2) is 35.5 Å². The molecular weight excluding hydrogens is 384 g/mol. The van der Waals surface area contributed by atoms with Gasteiger partial charge in [-0.15, -0.1) is 0 Å². The summed E-state index contributed by atoms with van der Waals surface area (Å²) in [4.78, 5) is 34.8. The number of amides is 2. The van der Waals surface area contributed by atoms with E-state index in [1.54, 1.807) is 31.3 Å². The lowest BCUT2D eigenvalue weighted by Crippen LogP contribution is -2.37. The Labute approximate surface area is 166 Å². The van der Waals surface area contributed by atoms with Crippen LogP contribution in [0.5, 0.6) is 5.75 Å². The number of ether oxygens (including phenoxy) is 1. The van der Waals surface area contributed by atoms with Crippen molar-refractivity contribution in [1.29, 1.82) is 0 Å². The van der Waals surface area contributed by atoms with Crippen LogP contribution in [0.1, 0.15) is 6.92 Å². The van der Waals surface area contributed by atoms with Crippen LogP contribution in [0.4, 0.5) is 17.1 Å². The van der Waals surface area contributed by atoms with Crippen molar-refractivity contribution >= 4 is 46.2 Å². The van der Waals surface area contributed by atoms with E-state index in [0.717, 1.165) is 5.69 Å². The van der Waals surface area contributed by atoms with Gasteiger partial charge in [0.15, 0.2) is 11.7 Å². The molecule has 0 spiro atoms. The number of hydrogen-bond acceptors (Lipinski definition) is 6. The summed E-state index contributed by atoms with van der Waals surface area (Å²) in [6.07, 6.45) is 0. The van der Waals surface area contributed by atoms with Crippen LogP contribution in [0.25, 0.3) is 0 Å². The smallest absolute Gasteiger partial charge is 0.269 e. The zero-order valence-corrected chi connectivity index (χ0v) is 16.0. The molecule has 2 rings (SSSR count). The van der Waals surface area contributed by atoms with Crippen molar-refractivity contribution in [3.8, 4) is 5.75 Å². The number of carbonyl (C=O) groups excluding carboxylic acids is 2. The first-order valence-electron chi connectivity index (χ1n) is 8.08. The lowest BCUT2D eigenvalue weighted by atomic mass is 10.2. The molecule has 2 N–H and O–H groups in total. The Morgan fingerprint density at radius 2 is 1.75 bits per heavy atom. The van der Waals surface area contributed by atoms with Crippen molar-refractivity contribution in [3.63, 3.8) is 0 Å². The second-order valence-corrected chi connectivity index (χ2v) is 6.08. The third-order valence-electron chi connectivity index (χ3n) is 3.66. The lowest BCUT2D eigenvalue weighted by Gasteiger charge is -2.16. The number of benzene rings is 2. The Bertz CT molecular complexity index is 884. The van der Waals surface area contributed by atoms with Crippen molar-refractivity contribution in [1.82, 2.24) is 5.32 Å². The molecule has 0 aliphatic carbocycles. The maximum atomic E-state index is 11.9. The summed E-state index contributed by atoms with van der Waals surface area (Å²) < 4.78 is 5.26. The normalized spacial score (nSPS) is 9.93. The van der Waals surface area contributed by atoms with Crippen LogP contribution in [0.2, 0.25) is 0 Å². The highest BCUT2D eigenvalue weighted by Crippen LogP contribution is 2.18. The number of rotatable bonds is 6. The summed E-state index contributed by atoms with van der Waals surface area (Å²) in [7, 11) is 1.67. The molecule has 0 radical (unpaired) electrons. The van der Waals surface area contributed by atoms with E-state index in [4.69, 9.17) is 17.0 Å². The highest BCUT2D eigenvalue weighted by atomic mass is 32.1. The number of nitrogens with one attached hydrogen (secondary N) is 2. The standard InChI is InChI=1S/C18H18N4O5S/c1-12(23)21(2)14-5-3-13(4-6-14)19-18(28)20-17(24)11-27-16-9-7-15(8-10-16)22(25)26/h3-10H,11H2,1-2H3,(H2,19,20,24,28). The van der Waals surface area contributed by atoms with Gasteiger partial charge >= 0.3 is 0 Å². The summed E-state index contributed by atoms with van der Waals surface area (Å²) in [6.45, 7) is 1.16. The van der Waals surface area contributed by atoms with Gasteiger partial charge < -0.3 is 15.0 Å². The molecule has 0 aliphatic heterocycles. The van der Waals surface area contributed by atoms with E-state index in [1.807, 2.05) is 0 Å². The molecule has 146 valence electrons. The number of hydrogen-bond donors (Lipinski definition) is 2. The van der Waals surface area contributed by atoms with E-state index in [9.17, 15) is 19.7 Å². The van der Waals surface area contributed by atoms with Crippen molar-refractivity contribution in [2.24, 2.45) is 0 Å². The molecule has 28 heavy (non-hydrogen) atoms. The van der Waals surface area contributed by atoms with Gasteiger partial charge in [0, 0.05) is 37.5 Å². The molecule has 2 aromatic carbocycles. The van der Waals surface area contributed by atoms with Gasteiger partial charge in [-0.25, -0.2) is 0 Å². The first kappa shape index (κ1) is 20.8. The number of thiocarbonyl (C=S) groups is 1. The van der Waals surface area contributed by atoms with Crippen molar-refractivity contribution in [3.05, 3.63) is 58.6 Å². The summed E-state index contributed by atoms with van der Waals surface area (Å²) in [5, 5.41) is 16.0. The monoisotopic (exact) mass is 402 g/mol. The van der Waals surface area contributed by atoms with E-state index < -0.39 is 10.8 Å². The quantitative estimate of drug-likeness (QED) is 0.433. The van der Waals surface area contributed by atoms with E-state index >= 15 is 0 Å². The molecule has 0 heterocycles. The minimum atomic E-state index is -0.523. The molecule has 0 saturated heterocycles. The molecule has 2 amide bonds. The average Bonchev–Trinajstić information content (AvgIpc) is 2.66. The minimum Gasteiger partial charge on any atom is -0.484 e. The molecule has 2 aromatic rings. The Balaban J connectivity index is 1.81. The molecule has 0 saturated carbocycles. The van der Waals surface area contributed by atoms with E-state index in [-0.39, 0.29) is 23.3 Å². The number of non-ortho nitro benzene ring substituents is 1. The van der Waals surface area contributed by atoms with Gasteiger partial charge in [-0.3, -0.25) is 25.0 Å².